The van der Waals surface area contributed by atoms with Gasteiger partial charge in [0.05, 0.1) is 5.57 Å². The lowest BCUT2D eigenvalue weighted by molar-refractivity contribution is -0.132. The van der Waals surface area contributed by atoms with Gasteiger partial charge in [-0.15, -0.1) is 0 Å². The largest absolute Gasteiger partial charge is 0.478 e. The normalized spacial score (nSPS) is 27.3. The molecule has 0 amide bonds. The van der Waals surface area contributed by atoms with E-state index in [0.29, 0.717) is 17.4 Å². The van der Waals surface area contributed by atoms with E-state index >= 15 is 0 Å². The highest BCUT2D eigenvalue weighted by Gasteiger charge is 2.29. The van der Waals surface area contributed by atoms with E-state index in [4.69, 9.17) is 5.11 Å². The Morgan fingerprint density at radius 3 is 2.36 bits per heavy atom. The summed E-state index contributed by atoms with van der Waals surface area (Å²) in [5.41, 5.74) is 0.606. The van der Waals surface area contributed by atoms with Crippen LogP contribution in [-0.2, 0) is 4.79 Å². The Hall–Kier alpha value is -1.05. The first kappa shape index (κ1) is 11.0. The maximum Gasteiger partial charge on any atom is 0.335 e. The van der Waals surface area contributed by atoms with E-state index in [1.54, 1.807) is 6.08 Å². The van der Waals surface area contributed by atoms with Crippen LogP contribution in [0.15, 0.2) is 23.8 Å². The van der Waals surface area contributed by atoms with Gasteiger partial charge in [0.1, 0.15) is 0 Å². The lowest BCUT2D eigenvalue weighted by Gasteiger charge is -2.33. The van der Waals surface area contributed by atoms with Crippen molar-refractivity contribution in [1.29, 1.82) is 0 Å². The minimum Gasteiger partial charge on any atom is -0.478 e. The lowest BCUT2D eigenvalue weighted by Crippen LogP contribution is -2.26. The van der Waals surface area contributed by atoms with Crippen LogP contribution < -0.4 is 0 Å². The molecular weight excluding hydrogens is 176 g/mol. The summed E-state index contributed by atoms with van der Waals surface area (Å²) in [5, 5.41) is 8.83. The monoisotopic (exact) mass is 194 g/mol. The van der Waals surface area contributed by atoms with Gasteiger partial charge in [0.2, 0.25) is 0 Å². The third kappa shape index (κ3) is 2.25. The Morgan fingerprint density at radius 1 is 1.43 bits per heavy atom. The number of aliphatic carboxylic acids is 1. The molecule has 0 saturated heterocycles. The summed E-state index contributed by atoms with van der Waals surface area (Å²) in [6, 6.07) is 0. The molecule has 1 aliphatic carbocycles. The van der Waals surface area contributed by atoms with E-state index in [1.165, 1.54) is 0 Å². The van der Waals surface area contributed by atoms with Gasteiger partial charge in [0, 0.05) is 0 Å². The number of hydrogen-bond acceptors (Lipinski definition) is 1. The summed E-state index contributed by atoms with van der Waals surface area (Å²) in [7, 11) is 0. The summed E-state index contributed by atoms with van der Waals surface area (Å²) in [6.07, 6.45) is 5.59. The second kappa shape index (κ2) is 3.60. The van der Waals surface area contributed by atoms with Crippen LogP contribution >= 0.6 is 0 Å². The fourth-order valence-corrected chi connectivity index (χ4v) is 2.04. The van der Waals surface area contributed by atoms with Crippen LogP contribution in [0.25, 0.3) is 0 Å². The van der Waals surface area contributed by atoms with E-state index in [1.807, 2.05) is 12.2 Å². The summed E-state index contributed by atoms with van der Waals surface area (Å²) in [5.74, 6) is -0.114. The van der Waals surface area contributed by atoms with Gasteiger partial charge in [-0.1, -0.05) is 45.9 Å². The van der Waals surface area contributed by atoms with E-state index in [2.05, 4.69) is 27.7 Å². The molecule has 0 spiro atoms. The topological polar surface area (TPSA) is 37.3 Å². The van der Waals surface area contributed by atoms with Crippen molar-refractivity contribution in [3.63, 3.8) is 0 Å². The molecule has 0 aromatic carbocycles. The van der Waals surface area contributed by atoms with E-state index in [9.17, 15) is 4.79 Å². The Morgan fingerprint density at radius 2 is 2.00 bits per heavy atom. The van der Waals surface area contributed by atoms with Gasteiger partial charge in [0.25, 0.3) is 0 Å². The summed E-state index contributed by atoms with van der Waals surface area (Å²) >= 11 is 0. The average molecular weight is 194 g/mol. The van der Waals surface area contributed by atoms with Crippen LogP contribution in [0.5, 0.6) is 0 Å². The molecule has 2 nitrogen and oxygen atoms in total. The van der Waals surface area contributed by atoms with Gasteiger partial charge in [0.15, 0.2) is 0 Å². The van der Waals surface area contributed by atoms with Crippen molar-refractivity contribution in [3.8, 4) is 0 Å². The number of allylic oxidation sites excluding steroid dienone is 2. The molecule has 0 fully saturated rings. The molecule has 0 aromatic heterocycles. The molecule has 0 bridgehead atoms. The van der Waals surface area contributed by atoms with Crippen molar-refractivity contribution in [2.75, 3.05) is 0 Å². The molecule has 0 heterocycles. The predicted octanol–water partition coefficient (Wildman–Crippen LogP) is 2.87. The zero-order valence-corrected chi connectivity index (χ0v) is 9.24. The van der Waals surface area contributed by atoms with Crippen molar-refractivity contribution in [2.45, 2.75) is 27.7 Å². The Labute approximate surface area is 85.3 Å². The minimum absolute atomic E-state index is 0.191. The van der Waals surface area contributed by atoms with Gasteiger partial charge >= 0.3 is 5.97 Å². The SMILES string of the molecule is CC1C=C(C(=O)O)C=CC1C(C)(C)C. The second-order valence-corrected chi connectivity index (χ2v) is 5.04. The smallest absolute Gasteiger partial charge is 0.335 e. The number of rotatable bonds is 1. The molecule has 1 rings (SSSR count). The number of carbonyl (C=O) groups is 1. The lowest BCUT2D eigenvalue weighted by atomic mass is 9.71. The Balaban J connectivity index is 2.87. The van der Waals surface area contributed by atoms with Crippen LogP contribution in [0.3, 0.4) is 0 Å². The van der Waals surface area contributed by atoms with E-state index < -0.39 is 5.97 Å². The molecule has 78 valence electrons. The summed E-state index contributed by atoms with van der Waals surface area (Å²) in [4.78, 5) is 10.7. The van der Waals surface area contributed by atoms with Crippen molar-refractivity contribution < 1.29 is 9.90 Å². The van der Waals surface area contributed by atoms with Gasteiger partial charge in [-0.3, -0.25) is 0 Å². The van der Waals surface area contributed by atoms with Crippen molar-refractivity contribution in [3.05, 3.63) is 23.8 Å². The highest BCUT2D eigenvalue weighted by Crippen LogP contribution is 2.36. The van der Waals surface area contributed by atoms with Crippen LogP contribution in [0.4, 0.5) is 0 Å². The molecule has 2 heteroatoms. The maximum absolute atomic E-state index is 10.7. The first-order valence-corrected chi connectivity index (χ1v) is 4.95. The van der Waals surface area contributed by atoms with Gasteiger partial charge < -0.3 is 5.11 Å². The average Bonchev–Trinajstić information content (AvgIpc) is 2.01. The fraction of sp³-hybridized carbons (Fsp3) is 0.583. The number of carboxylic acid groups (broad SMARTS) is 1. The van der Waals surface area contributed by atoms with Crippen molar-refractivity contribution in [1.82, 2.24) is 0 Å². The third-order valence-corrected chi connectivity index (χ3v) is 2.74. The standard InChI is InChI=1S/C12H18O2/c1-8-7-9(11(13)14)5-6-10(8)12(2,3)4/h5-8,10H,1-4H3,(H,13,14). The van der Waals surface area contributed by atoms with Crippen LogP contribution in [0.2, 0.25) is 0 Å². The fourth-order valence-electron chi connectivity index (χ4n) is 2.04. The molecule has 1 N–H and O–H groups in total. The Bertz CT molecular complexity index is 292. The third-order valence-electron chi connectivity index (χ3n) is 2.74. The maximum atomic E-state index is 10.7. The quantitative estimate of drug-likeness (QED) is 0.697. The molecule has 0 aliphatic heterocycles. The Kier molecular flexibility index (Phi) is 2.84. The molecule has 0 radical (unpaired) electrons. The molecule has 14 heavy (non-hydrogen) atoms. The molecule has 1 aliphatic rings. The minimum atomic E-state index is -0.833. The first-order valence-electron chi connectivity index (χ1n) is 4.95. The highest BCUT2D eigenvalue weighted by molar-refractivity contribution is 5.90. The van der Waals surface area contributed by atoms with Crippen molar-refractivity contribution >= 4 is 5.97 Å². The van der Waals surface area contributed by atoms with Crippen molar-refractivity contribution in [2.24, 2.45) is 17.3 Å². The zero-order chi connectivity index (χ0) is 10.9. The van der Waals surface area contributed by atoms with Crippen LogP contribution in [-0.4, -0.2) is 11.1 Å². The first-order chi connectivity index (χ1) is 6.32. The molecule has 2 atom stereocenters. The molecule has 0 saturated carbocycles. The predicted molar refractivity (Wildman–Crippen MR) is 57.0 cm³/mol. The zero-order valence-electron chi connectivity index (χ0n) is 9.24. The van der Waals surface area contributed by atoms with E-state index in [0.717, 1.165) is 0 Å². The summed E-state index contributed by atoms with van der Waals surface area (Å²) in [6.45, 7) is 8.61. The summed E-state index contributed by atoms with van der Waals surface area (Å²) < 4.78 is 0. The number of carboxylic acids is 1. The second-order valence-electron chi connectivity index (χ2n) is 5.04. The van der Waals surface area contributed by atoms with E-state index in [-0.39, 0.29) is 5.41 Å². The van der Waals surface area contributed by atoms with Gasteiger partial charge in [-0.2, -0.15) is 0 Å². The van der Waals surface area contributed by atoms with Crippen LogP contribution in [0, 0.1) is 17.3 Å². The molecular formula is C12H18O2. The number of hydrogen-bond donors (Lipinski definition) is 1. The van der Waals surface area contributed by atoms with Crippen LogP contribution in [0.1, 0.15) is 27.7 Å². The molecule has 0 aromatic rings. The molecule has 2 unspecified atom stereocenters. The highest BCUT2D eigenvalue weighted by atomic mass is 16.4. The van der Waals surface area contributed by atoms with Gasteiger partial charge in [-0.25, -0.2) is 4.79 Å². The van der Waals surface area contributed by atoms with Gasteiger partial charge in [-0.05, 0) is 17.3 Å².